The van der Waals surface area contributed by atoms with Crippen molar-refractivity contribution < 1.29 is 22.7 Å². The fourth-order valence-electron chi connectivity index (χ4n) is 3.92. The van der Waals surface area contributed by atoms with Crippen molar-refractivity contribution in [3.8, 4) is 0 Å². The van der Waals surface area contributed by atoms with Crippen molar-refractivity contribution in [2.24, 2.45) is 0 Å². The summed E-state index contributed by atoms with van der Waals surface area (Å²) in [6.07, 6.45) is 4.90. The van der Waals surface area contributed by atoms with E-state index in [1.807, 2.05) is 0 Å². The highest BCUT2D eigenvalue weighted by Gasteiger charge is 2.34. The van der Waals surface area contributed by atoms with Crippen LogP contribution in [0.4, 0.5) is 10.7 Å². The summed E-state index contributed by atoms with van der Waals surface area (Å²) in [7, 11) is -3.78. The molecule has 1 aliphatic carbocycles. The summed E-state index contributed by atoms with van der Waals surface area (Å²) in [5.41, 5.74) is 1.67. The van der Waals surface area contributed by atoms with Crippen molar-refractivity contribution in [3.63, 3.8) is 0 Å². The molecule has 1 amide bonds. The van der Waals surface area contributed by atoms with Crippen LogP contribution in [0.1, 0.15) is 53.9 Å². The monoisotopic (exact) mass is 498 g/mol. The number of nitrogens with zero attached hydrogens (tertiary/aromatic N) is 1. The molecule has 0 bridgehead atoms. The van der Waals surface area contributed by atoms with Gasteiger partial charge in [-0.2, -0.15) is 0 Å². The van der Waals surface area contributed by atoms with E-state index in [0.717, 1.165) is 46.7 Å². The van der Waals surface area contributed by atoms with Gasteiger partial charge < -0.3 is 10.1 Å². The third-order valence-electron chi connectivity index (χ3n) is 5.30. The van der Waals surface area contributed by atoms with Crippen LogP contribution in [-0.4, -0.2) is 39.2 Å². The molecule has 0 unspecified atom stereocenters. The maximum atomic E-state index is 13.3. The number of amides is 1. The molecule has 1 aromatic heterocycles. The quantitative estimate of drug-likeness (QED) is 0.535. The molecule has 3 rings (SSSR count). The number of ether oxygens (including phenoxy) is 1. The number of hydrogen-bond acceptors (Lipinski definition) is 6. The molecule has 32 heavy (non-hydrogen) atoms. The van der Waals surface area contributed by atoms with Crippen LogP contribution in [-0.2, 0) is 32.4 Å². The molecule has 0 saturated heterocycles. The second-order valence-electron chi connectivity index (χ2n) is 7.58. The third kappa shape index (κ3) is 5.27. The number of rotatable bonds is 8. The van der Waals surface area contributed by atoms with Crippen molar-refractivity contribution >= 4 is 55.5 Å². The van der Waals surface area contributed by atoms with Gasteiger partial charge in [0.2, 0.25) is 15.9 Å². The highest BCUT2D eigenvalue weighted by Crippen LogP contribution is 2.39. The Labute approximate surface area is 197 Å². The number of sulfonamides is 1. The lowest BCUT2D eigenvalue weighted by molar-refractivity contribution is -0.117. The minimum Gasteiger partial charge on any atom is -0.462 e. The summed E-state index contributed by atoms with van der Waals surface area (Å²) in [5.74, 6) is -0.968. The minimum absolute atomic E-state index is 0.229. The van der Waals surface area contributed by atoms with Gasteiger partial charge in [0.15, 0.2) is 0 Å². The number of carbonyl (C=O) groups excluding carboxylic acids is 2. The van der Waals surface area contributed by atoms with Crippen molar-refractivity contribution in [1.82, 2.24) is 0 Å². The zero-order chi connectivity index (χ0) is 23.5. The average molecular weight is 499 g/mol. The summed E-state index contributed by atoms with van der Waals surface area (Å²) in [5, 5.41) is 3.72. The molecule has 0 spiro atoms. The molecule has 0 aliphatic heterocycles. The normalized spacial score (nSPS) is 14.4. The zero-order valence-corrected chi connectivity index (χ0v) is 20.7. The van der Waals surface area contributed by atoms with E-state index in [4.69, 9.17) is 16.3 Å². The molecule has 0 radical (unpaired) electrons. The molecule has 0 fully saturated rings. The number of aryl methyl sites for hydroxylation is 1. The number of carbonyl (C=O) groups is 2. The van der Waals surface area contributed by atoms with E-state index in [2.05, 4.69) is 5.32 Å². The number of hydrogen-bond donors (Lipinski definition) is 1. The molecule has 1 aliphatic rings. The molecule has 174 valence electrons. The van der Waals surface area contributed by atoms with Gasteiger partial charge in [0.05, 0.1) is 24.1 Å². The Bertz CT molecular complexity index is 1100. The number of nitrogens with one attached hydrogen (secondary N) is 1. The van der Waals surface area contributed by atoms with Crippen LogP contribution in [0.3, 0.4) is 0 Å². The summed E-state index contributed by atoms with van der Waals surface area (Å²) in [6.45, 7) is 3.70. The second kappa shape index (κ2) is 10.2. The van der Waals surface area contributed by atoms with Gasteiger partial charge in [-0.15, -0.1) is 11.3 Å². The van der Waals surface area contributed by atoms with Crippen LogP contribution in [0.15, 0.2) is 24.3 Å². The molecule has 1 aromatic carbocycles. The van der Waals surface area contributed by atoms with Crippen molar-refractivity contribution in [1.29, 1.82) is 0 Å². The predicted molar refractivity (Wildman–Crippen MR) is 128 cm³/mol. The molecule has 1 heterocycles. The van der Waals surface area contributed by atoms with E-state index in [1.54, 1.807) is 38.1 Å². The molecule has 10 heteroatoms. The molecular weight excluding hydrogens is 472 g/mol. The summed E-state index contributed by atoms with van der Waals surface area (Å²) >= 11 is 7.32. The first-order chi connectivity index (χ1) is 15.2. The Morgan fingerprint density at radius 1 is 1.19 bits per heavy atom. The van der Waals surface area contributed by atoms with E-state index in [1.165, 1.54) is 11.3 Å². The lowest BCUT2D eigenvalue weighted by Gasteiger charge is -2.30. The van der Waals surface area contributed by atoms with Crippen LogP contribution >= 0.6 is 22.9 Å². The Hall–Kier alpha value is -2.10. The summed E-state index contributed by atoms with van der Waals surface area (Å²) in [6, 6.07) is 5.28. The molecule has 0 saturated carbocycles. The maximum Gasteiger partial charge on any atom is 0.341 e. The Balaban J connectivity index is 1.97. The number of esters is 1. The SMILES string of the molecule is CCOC(=O)c1c(NC(=O)[C@@H](CC)N(c2ccc(Cl)cc2)S(C)(=O)=O)sc2c1CCCC2. The minimum atomic E-state index is -3.78. The van der Waals surface area contributed by atoms with Gasteiger partial charge in [0.25, 0.3) is 0 Å². The molecule has 1 atom stereocenters. The van der Waals surface area contributed by atoms with Crippen LogP contribution in [0.25, 0.3) is 0 Å². The zero-order valence-electron chi connectivity index (χ0n) is 18.3. The highest BCUT2D eigenvalue weighted by molar-refractivity contribution is 7.92. The first kappa shape index (κ1) is 24.5. The van der Waals surface area contributed by atoms with Crippen LogP contribution in [0.2, 0.25) is 5.02 Å². The van der Waals surface area contributed by atoms with Gasteiger partial charge in [0, 0.05) is 9.90 Å². The number of halogens is 1. The molecular formula is C22H27ClN2O5S2. The second-order valence-corrected chi connectivity index (χ2v) is 11.0. The first-order valence-corrected chi connectivity index (χ1v) is 13.6. The fourth-order valence-corrected chi connectivity index (χ4v) is 6.53. The van der Waals surface area contributed by atoms with Crippen molar-refractivity contribution in [2.45, 2.75) is 52.0 Å². The van der Waals surface area contributed by atoms with Crippen LogP contribution in [0, 0.1) is 0 Å². The van der Waals surface area contributed by atoms with E-state index in [9.17, 15) is 18.0 Å². The Kier molecular flexibility index (Phi) is 7.84. The fraction of sp³-hybridized carbons (Fsp3) is 0.455. The van der Waals surface area contributed by atoms with E-state index >= 15 is 0 Å². The number of fused-ring (bicyclic) bond motifs is 1. The molecule has 2 aromatic rings. The van der Waals surface area contributed by atoms with Crippen molar-refractivity contribution in [2.75, 3.05) is 22.5 Å². The lowest BCUT2D eigenvalue weighted by atomic mass is 9.95. The van der Waals surface area contributed by atoms with Gasteiger partial charge in [-0.05, 0) is 68.9 Å². The van der Waals surface area contributed by atoms with E-state index in [0.29, 0.717) is 21.3 Å². The van der Waals surface area contributed by atoms with E-state index < -0.39 is 27.9 Å². The number of benzene rings is 1. The maximum absolute atomic E-state index is 13.3. The largest absolute Gasteiger partial charge is 0.462 e. The molecule has 1 N–H and O–H groups in total. The lowest BCUT2D eigenvalue weighted by Crippen LogP contribution is -2.47. The van der Waals surface area contributed by atoms with Crippen molar-refractivity contribution in [3.05, 3.63) is 45.3 Å². The van der Waals surface area contributed by atoms with Crippen LogP contribution < -0.4 is 9.62 Å². The Morgan fingerprint density at radius 2 is 1.84 bits per heavy atom. The number of thiophene rings is 1. The van der Waals surface area contributed by atoms with Crippen LogP contribution in [0.5, 0.6) is 0 Å². The van der Waals surface area contributed by atoms with Gasteiger partial charge in [-0.1, -0.05) is 18.5 Å². The predicted octanol–water partition coefficient (Wildman–Crippen LogP) is 4.64. The standard InChI is InChI=1S/C22H27ClN2O5S2/c1-4-17(25(32(3,28)29)15-12-10-14(23)11-13-15)20(26)24-21-19(22(27)30-5-2)16-8-6-7-9-18(16)31-21/h10-13,17H,4-9H2,1-3H3,(H,24,26)/t17-/m1/s1. The molecule has 7 nitrogen and oxygen atoms in total. The topological polar surface area (TPSA) is 92.8 Å². The van der Waals surface area contributed by atoms with Gasteiger partial charge in [-0.25, -0.2) is 13.2 Å². The highest BCUT2D eigenvalue weighted by atomic mass is 35.5. The third-order valence-corrected chi connectivity index (χ3v) is 7.94. The number of anilines is 2. The van der Waals surface area contributed by atoms with E-state index in [-0.39, 0.29) is 13.0 Å². The first-order valence-electron chi connectivity index (χ1n) is 10.5. The van der Waals surface area contributed by atoms with Gasteiger partial charge in [-0.3, -0.25) is 9.10 Å². The van der Waals surface area contributed by atoms with Gasteiger partial charge in [0.1, 0.15) is 11.0 Å². The summed E-state index contributed by atoms with van der Waals surface area (Å²) in [4.78, 5) is 27.1. The smallest absolute Gasteiger partial charge is 0.341 e. The summed E-state index contributed by atoms with van der Waals surface area (Å²) < 4.78 is 31.6. The Morgan fingerprint density at radius 3 is 2.44 bits per heavy atom. The van der Waals surface area contributed by atoms with Gasteiger partial charge >= 0.3 is 5.97 Å². The average Bonchev–Trinajstić information content (AvgIpc) is 3.09.